The van der Waals surface area contributed by atoms with Gasteiger partial charge in [-0.05, 0) is 58.0 Å². The van der Waals surface area contributed by atoms with Crippen molar-refractivity contribution in [3.8, 4) is 11.5 Å². The number of nitrogens with one attached hydrogen (secondary N) is 1. The van der Waals surface area contributed by atoms with Crippen LogP contribution in [0.1, 0.15) is 55.6 Å². The summed E-state index contributed by atoms with van der Waals surface area (Å²) in [7, 11) is 0. The third kappa shape index (κ3) is 29.8. The molecule has 0 bridgehead atoms. The van der Waals surface area contributed by atoms with E-state index in [2.05, 4.69) is 15.3 Å². The third-order valence-electron chi connectivity index (χ3n) is 5.26. The van der Waals surface area contributed by atoms with Gasteiger partial charge in [0.2, 0.25) is 0 Å². The Kier molecular flexibility index (Phi) is 29.3. The molecule has 0 amide bonds. The molecule has 266 valence electrons. The number of nitrogens with zero attached hydrogens (tertiary/aromatic N) is 2. The monoisotopic (exact) mass is 676 g/mol. The largest absolute Gasteiger partial charge is 0.507 e. The van der Waals surface area contributed by atoms with E-state index in [0.717, 1.165) is 23.1 Å². The topological polar surface area (TPSA) is 224 Å². The van der Waals surface area contributed by atoms with Gasteiger partial charge < -0.3 is 32.7 Å². The minimum atomic E-state index is -0.0625. The van der Waals surface area contributed by atoms with Crippen LogP contribution in [0.2, 0.25) is 0 Å². The number of ketones is 3. The minimum absolute atomic E-state index is 0.0257. The molecule has 12 nitrogen and oxygen atoms in total. The number of benzene rings is 3. The Morgan fingerprint density at radius 1 is 0.673 bits per heavy atom. The summed E-state index contributed by atoms with van der Waals surface area (Å²) in [6.45, 7) is 9.72. The quantitative estimate of drug-likeness (QED) is 0.0507. The molecule has 49 heavy (non-hydrogen) atoms. The molecule has 3 rings (SSSR count). The van der Waals surface area contributed by atoms with Crippen molar-refractivity contribution in [2.75, 3.05) is 39.3 Å². The molecular formula is C37H52N6O6. The highest BCUT2D eigenvalue weighted by Crippen LogP contribution is 2.13. The lowest BCUT2D eigenvalue weighted by Gasteiger charge is -2.03. The zero-order valence-corrected chi connectivity index (χ0v) is 28.9. The molecule has 0 spiro atoms. The Morgan fingerprint density at radius 3 is 1.47 bits per heavy atom. The van der Waals surface area contributed by atoms with Crippen LogP contribution in [0.25, 0.3) is 0 Å². The van der Waals surface area contributed by atoms with Crippen LogP contribution in [0.5, 0.6) is 11.5 Å². The van der Waals surface area contributed by atoms with Crippen LogP contribution >= 0.6 is 0 Å². The van der Waals surface area contributed by atoms with Crippen molar-refractivity contribution < 1.29 is 29.4 Å². The molecule has 0 fully saturated rings. The fraction of sp³-hybridized carbons (Fsp3) is 0.297. The predicted octanol–water partition coefficient (Wildman–Crippen LogP) is 3.62. The number of phenolic OH excluding ortho intramolecular Hbond substituents is 2. The second-order valence-corrected chi connectivity index (χ2v) is 10.0. The fourth-order valence-electron chi connectivity index (χ4n) is 3.15. The molecule has 0 atom stereocenters. The fourth-order valence-corrected chi connectivity index (χ4v) is 3.15. The number of phenols is 2. The maximum absolute atomic E-state index is 10.8. The van der Waals surface area contributed by atoms with Gasteiger partial charge in [0.05, 0.1) is 19.5 Å². The van der Waals surface area contributed by atoms with Crippen molar-refractivity contribution in [3.63, 3.8) is 0 Å². The number of allylic oxidation sites excluding steroid dienone is 2. The standard InChI is InChI=1S/C14H18N2O2.C9H12N2O.C7H6O.C5H8O2.C2H8N2/c1-11(9-12(2)17)16-8-7-15-10-13-5-3-4-6-14(13)18;10-5-6-11-7-8-3-1-2-4-9(8)12;8-6-7-4-2-1-3-5-7;1-4(6)3-5(2)7;3-1-2-4/h3-6,9-10,16,18H,7-8H2,1-2H3;1-4,7,12H,5-6,10H2;1-6H;3H2,1-2H3;1-4H2. The highest BCUT2D eigenvalue weighted by Gasteiger charge is 1.96. The van der Waals surface area contributed by atoms with E-state index in [1.165, 1.54) is 20.8 Å². The number of nitrogens with two attached hydrogens (primary N) is 3. The predicted molar refractivity (Wildman–Crippen MR) is 199 cm³/mol. The Hall–Kier alpha value is -5.30. The first-order valence-corrected chi connectivity index (χ1v) is 15.5. The van der Waals surface area contributed by atoms with Crippen LogP contribution in [0, 0.1) is 0 Å². The van der Waals surface area contributed by atoms with Gasteiger partial charge in [-0.2, -0.15) is 0 Å². The zero-order valence-electron chi connectivity index (χ0n) is 28.9. The number of carbonyl (C=O) groups excluding carboxylic acids is 4. The van der Waals surface area contributed by atoms with Gasteiger partial charge in [-0.25, -0.2) is 0 Å². The molecule has 3 aromatic rings. The second-order valence-electron chi connectivity index (χ2n) is 10.0. The van der Waals surface area contributed by atoms with Gasteiger partial charge in [0.1, 0.15) is 29.4 Å². The van der Waals surface area contributed by atoms with Gasteiger partial charge in [0.15, 0.2) is 5.78 Å². The highest BCUT2D eigenvalue weighted by atomic mass is 16.3. The van der Waals surface area contributed by atoms with Crippen LogP contribution in [0.3, 0.4) is 0 Å². The summed E-state index contributed by atoms with van der Waals surface area (Å²) in [5.41, 5.74) is 18.1. The molecule has 0 saturated carbocycles. The van der Waals surface area contributed by atoms with Crippen LogP contribution < -0.4 is 22.5 Å². The van der Waals surface area contributed by atoms with E-state index in [-0.39, 0.29) is 35.3 Å². The normalized spacial score (nSPS) is 10.1. The van der Waals surface area contributed by atoms with Gasteiger partial charge in [0.25, 0.3) is 0 Å². The number of para-hydroxylation sites is 2. The van der Waals surface area contributed by atoms with Gasteiger partial charge in [-0.15, -0.1) is 0 Å². The molecule has 0 radical (unpaired) electrons. The molecule has 0 aromatic heterocycles. The lowest BCUT2D eigenvalue weighted by molar-refractivity contribution is -0.124. The van der Waals surface area contributed by atoms with Crippen molar-refractivity contribution in [3.05, 3.63) is 107 Å². The Bertz CT molecular complexity index is 1430. The Labute approximate surface area is 289 Å². The van der Waals surface area contributed by atoms with Crippen LogP contribution in [-0.2, 0) is 14.4 Å². The highest BCUT2D eigenvalue weighted by molar-refractivity contribution is 5.96. The van der Waals surface area contributed by atoms with Crippen molar-refractivity contribution >= 4 is 36.1 Å². The average molecular weight is 677 g/mol. The van der Waals surface area contributed by atoms with Gasteiger partial charge in [0, 0.05) is 61.0 Å². The lowest BCUT2D eigenvalue weighted by atomic mass is 10.2. The van der Waals surface area contributed by atoms with Crippen molar-refractivity contribution in [2.45, 2.75) is 34.1 Å². The lowest BCUT2D eigenvalue weighted by Crippen LogP contribution is -2.16. The number of hydrogen-bond acceptors (Lipinski definition) is 12. The smallest absolute Gasteiger partial charge is 0.154 e. The zero-order chi connectivity index (χ0) is 37.3. The van der Waals surface area contributed by atoms with E-state index in [1.807, 2.05) is 37.3 Å². The van der Waals surface area contributed by atoms with Crippen LogP contribution in [0.4, 0.5) is 0 Å². The minimum Gasteiger partial charge on any atom is -0.507 e. The van der Waals surface area contributed by atoms with Gasteiger partial charge in [-0.3, -0.25) is 29.2 Å². The summed E-state index contributed by atoms with van der Waals surface area (Å²) < 4.78 is 0. The molecule has 3 aromatic carbocycles. The molecule has 12 heteroatoms. The van der Waals surface area contributed by atoms with E-state index < -0.39 is 0 Å². The summed E-state index contributed by atoms with van der Waals surface area (Å²) >= 11 is 0. The first-order valence-electron chi connectivity index (χ1n) is 15.5. The number of aldehydes is 1. The van der Waals surface area contributed by atoms with Crippen molar-refractivity contribution in [1.29, 1.82) is 0 Å². The molecule has 0 unspecified atom stereocenters. The van der Waals surface area contributed by atoms with E-state index in [4.69, 9.17) is 17.2 Å². The average Bonchev–Trinajstić information content (AvgIpc) is 3.07. The molecule has 0 heterocycles. The number of aliphatic imine (C=N–C) groups is 2. The summed E-state index contributed by atoms with van der Waals surface area (Å²) in [5, 5.41) is 21.9. The third-order valence-corrected chi connectivity index (χ3v) is 5.26. The summed E-state index contributed by atoms with van der Waals surface area (Å²) in [4.78, 5) is 49.1. The van der Waals surface area contributed by atoms with Gasteiger partial charge >= 0.3 is 0 Å². The second kappa shape index (κ2) is 31.3. The molecular weight excluding hydrogens is 624 g/mol. The summed E-state index contributed by atoms with van der Waals surface area (Å²) in [5.74, 6) is 0.373. The van der Waals surface area contributed by atoms with Crippen LogP contribution in [0.15, 0.2) is 101 Å². The molecule has 9 N–H and O–H groups in total. The van der Waals surface area contributed by atoms with E-state index >= 15 is 0 Å². The number of Topliss-reactive ketones (excluding diaryl/α,β-unsaturated/α-hetero) is 2. The van der Waals surface area contributed by atoms with E-state index in [1.54, 1.807) is 67.0 Å². The molecule has 0 aliphatic carbocycles. The number of rotatable bonds is 13. The molecule has 0 aliphatic rings. The number of carbonyl (C=O) groups is 4. The van der Waals surface area contributed by atoms with E-state index in [9.17, 15) is 29.4 Å². The SMILES string of the molecule is CC(=O)C=C(C)NCCN=Cc1ccccc1O.CC(=O)CC(C)=O.NCCN.NCCN=Cc1ccccc1O.O=Cc1ccccc1. The summed E-state index contributed by atoms with van der Waals surface area (Å²) in [6.07, 6.45) is 5.73. The van der Waals surface area contributed by atoms with Crippen LogP contribution in [-0.4, -0.2) is 85.5 Å². The van der Waals surface area contributed by atoms with Crippen molar-refractivity contribution in [2.24, 2.45) is 27.2 Å². The number of aromatic hydroxyl groups is 2. The maximum atomic E-state index is 10.8. The summed E-state index contributed by atoms with van der Waals surface area (Å²) in [6, 6.07) is 23.2. The van der Waals surface area contributed by atoms with Crippen molar-refractivity contribution in [1.82, 2.24) is 5.32 Å². The molecule has 0 saturated heterocycles. The van der Waals surface area contributed by atoms with Gasteiger partial charge in [-0.1, -0.05) is 54.6 Å². The first kappa shape index (κ1) is 45.8. The first-order chi connectivity index (χ1) is 23.4. The van der Waals surface area contributed by atoms with E-state index in [0.29, 0.717) is 44.8 Å². The Morgan fingerprint density at radius 2 is 1.12 bits per heavy atom. The Balaban J connectivity index is 0. The number of hydrogen-bond donors (Lipinski definition) is 6. The maximum Gasteiger partial charge on any atom is 0.154 e. The molecule has 0 aliphatic heterocycles.